The van der Waals surface area contributed by atoms with Gasteiger partial charge < -0.3 is 10.2 Å². The molecule has 0 aliphatic carbocycles. The van der Waals surface area contributed by atoms with Crippen LogP contribution in [0.25, 0.3) is 0 Å². The molecule has 2 N–H and O–H groups in total. The van der Waals surface area contributed by atoms with E-state index < -0.39 is 6.04 Å². The molecule has 1 fully saturated rings. The summed E-state index contributed by atoms with van der Waals surface area (Å²) in [6, 6.07) is 4.74. The first-order valence-corrected chi connectivity index (χ1v) is 6.41. The molecule has 1 aromatic rings. The summed E-state index contributed by atoms with van der Waals surface area (Å²) in [6.07, 6.45) is 0.598. The van der Waals surface area contributed by atoms with Gasteiger partial charge in [-0.1, -0.05) is 13.0 Å². The Morgan fingerprint density at radius 3 is 3.05 bits per heavy atom. The Balaban J connectivity index is 2.08. The molecule has 1 aromatic heterocycles. The van der Waals surface area contributed by atoms with Crippen LogP contribution in [0.3, 0.4) is 0 Å². The van der Waals surface area contributed by atoms with Crippen molar-refractivity contribution in [3.8, 4) is 0 Å². The maximum absolute atomic E-state index is 12.2. The van der Waals surface area contributed by atoms with Crippen LogP contribution in [0, 0.1) is 6.92 Å². The van der Waals surface area contributed by atoms with Crippen LogP contribution in [0.2, 0.25) is 0 Å². The number of anilines is 1. The third-order valence-electron chi connectivity index (χ3n) is 3.10. The molecule has 0 radical (unpaired) electrons. The van der Waals surface area contributed by atoms with Crippen LogP contribution in [-0.4, -0.2) is 41.0 Å². The number of hydrogen-bond donors (Lipinski definition) is 2. The van der Waals surface area contributed by atoms with E-state index in [2.05, 4.69) is 15.6 Å². The van der Waals surface area contributed by atoms with Crippen molar-refractivity contribution in [2.75, 3.05) is 18.4 Å². The fourth-order valence-electron chi connectivity index (χ4n) is 2.16. The molecule has 3 amide bonds. The van der Waals surface area contributed by atoms with Crippen molar-refractivity contribution >= 4 is 17.8 Å². The highest BCUT2D eigenvalue weighted by molar-refractivity contribution is 5.94. The molecule has 0 unspecified atom stereocenters. The standard InChI is InChI=1S/C13H18N4O2/c1-3-10-12(18)14-7-8-17(10)13(19)16-11-6-4-5-9(2)15-11/h4-6,10H,3,7-8H2,1-2H3,(H,14,18)(H,15,16,19)/t10-/m0/s1. The van der Waals surface area contributed by atoms with E-state index in [1.807, 2.05) is 26.0 Å². The fourth-order valence-corrected chi connectivity index (χ4v) is 2.16. The third kappa shape index (κ3) is 3.01. The molecular weight excluding hydrogens is 244 g/mol. The second-order valence-corrected chi connectivity index (χ2v) is 4.50. The van der Waals surface area contributed by atoms with Crippen molar-refractivity contribution in [2.45, 2.75) is 26.3 Å². The molecule has 0 saturated carbocycles. The first-order valence-electron chi connectivity index (χ1n) is 6.41. The van der Waals surface area contributed by atoms with Crippen LogP contribution in [0.1, 0.15) is 19.0 Å². The number of pyridine rings is 1. The van der Waals surface area contributed by atoms with Gasteiger partial charge >= 0.3 is 6.03 Å². The smallest absolute Gasteiger partial charge is 0.323 e. The van der Waals surface area contributed by atoms with Gasteiger partial charge in [0.2, 0.25) is 5.91 Å². The van der Waals surface area contributed by atoms with E-state index in [9.17, 15) is 9.59 Å². The zero-order chi connectivity index (χ0) is 13.8. The number of hydrogen-bond acceptors (Lipinski definition) is 3. The van der Waals surface area contributed by atoms with Crippen LogP contribution in [0.15, 0.2) is 18.2 Å². The maximum atomic E-state index is 12.2. The van der Waals surface area contributed by atoms with Gasteiger partial charge in [0.25, 0.3) is 0 Å². The van der Waals surface area contributed by atoms with Gasteiger partial charge in [-0.2, -0.15) is 0 Å². The van der Waals surface area contributed by atoms with Gasteiger partial charge in [0, 0.05) is 18.8 Å². The Bertz CT molecular complexity index is 489. The minimum atomic E-state index is -0.404. The van der Waals surface area contributed by atoms with E-state index in [1.54, 1.807) is 11.0 Å². The number of aryl methyl sites for hydroxylation is 1. The molecule has 0 bridgehead atoms. The lowest BCUT2D eigenvalue weighted by atomic mass is 10.1. The molecule has 0 aromatic carbocycles. The number of aromatic nitrogens is 1. The molecule has 102 valence electrons. The zero-order valence-electron chi connectivity index (χ0n) is 11.1. The molecule has 1 aliphatic rings. The van der Waals surface area contributed by atoms with Crippen LogP contribution in [0.4, 0.5) is 10.6 Å². The first-order chi connectivity index (χ1) is 9.11. The van der Waals surface area contributed by atoms with Gasteiger partial charge in [0.15, 0.2) is 0 Å². The summed E-state index contributed by atoms with van der Waals surface area (Å²) in [6.45, 7) is 4.76. The number of nitrogens with one attached hydrogen (secondary N) is 2. The predicted octanol–water partition coefficient (Wildman–Crippen LogP) is 1.13. The van der Waals surface area contributed by atoms with Crippen LogP contribution in [-0.2, 0) is 4.79 Å². The molecule has 1 atom stereocenters. The highest BCUT2D eigenvalue weighted by Crippen LogP contribution is 2.11. The molecule has 6 heteroatoms. The molecule has 19 heavy (non-hydrogen) atoms. The van der Waals surface area contributed by atoms with E-state index in [0.717, 1.165) is 5.69 Å². The molecule has 0 spiro atoms. The van der Waals surface area contributed by atoms with Gasteiger partial charge in [0.1, 0.15) is 11.9 Å². The zero-order valence-corrected chi connectivity index (χ0v) is 11.1. The number of carbonyl (C=O) groups is 2. The number of piperazine rings is 1. The van der Waals surface area contributed by atoms with Crippen LogP contribution < -0.4 is 10.6 Å². The number of rotatable bonds is 2. The van der Waals surface area contributed by atoms with E-state index in [4.69, 9.17) is 0 Å². The summed E-state index contributed by atoms with van der Waals surface area (Å²) in [5, 5.41) is 5.50. The van der Waals surface area contributed by atoms with Crippen molar-refractivity contribution in [3.63, 3.8) is 0 Å². The van der Waals surface area contributed by atoms with Crippen molar-refractivity contribution < 1.29 is 9.59 Å². The number of urea groups is 1. The average molecular weight is 262 g/mol. The van der Waals surface area contributed by atoms with E-state index in [1.165, 1.54) is 0 Å². The predicted molar refractivity (Wildman–Crippen MR) is 71.8 cm³/mol. The summed E-state index contributed by atoms with van der Waals surface area (Å²) in [5.74, 6) is 0.409. The quantitative estimate of drug-likeness (QED) is 0.839. The van der Waals surface area contributed by atoms with E-state index in [-0.39, 0.29) is 11.9 Å². The third-order valence-corrected chi connectivity index (χ3v) is 3.10. The molecule has 1 saturated heterocycles. The Hall–Kier alpha value is -2.11. The Labute approximate surface area is 112 Å². The van der Waals surface area contributed by atoms with Gasteiger partial charge in [-0.25, -0.2) is 9.78 Å². The molecule has 1 aliphatic heterocycles. The Morgan fingerprint density at radius 2 is 2.37 bits per heavy atom. The Kier molecular flexibility index (Phi) is 3.99. The van der Waals surface area contributed by atoms with E-state index in [0.29, 0.717) is 25.3 Å². The second kappa shape index (κ2) is 5.69. The molecule has 2 rings (SSSR count). The van der Waals surface area contributed by atoms with Crippen molar-refractivity contribution in [1.82, 2.24) is 15.2 Å². The van der Waals surface area contributed by atoms with Gasteiger partial charge in [-0.15, -0.1) is 0 Å². The molecule has 2 heterocycles. The maximum Gasteiger partial charge on any atom is 0.323 e. The lowest BCUT2D eigenvalue weighted by Gasteiger charge is -2.34. The van der Waals surface area contributed by atoms with Crippen molar-refractivity contribution in [2.24, 2.45) is 0 Å². The average Bonchev–Trinajstić information content (AvgIpc) is 2.38. The lowest BCUT2D eigenvalue weighted by molar-refractivity contribution is -0.127. The Morgan fingerprint density at radius 1 is 1.58 bits per heavy atom. The number of carbonyl (C=O) groups excluding carboxylic acids is 2. The molecule has 6 nitrogen and oxygen atoms in total. The largest absolute Gasteiger partial charge is 0.353 e. The summed E-state index contributed by atoms with van der Waals surface area (Å²) in [5.41, 5.74) is 0.834. The summed E-state index contributed by atoms with van der Waals surface area (Å²) in [4.78, 5) is 29.7. The monoisotopic (exact) mass is 262 g/mol. The highest BCUT2D eigenvalue weighted by atomic mass is 16.2. The van der Waals surface area contributed by atoms with Gasteiger partial charge in [-0.05, 0) is 25.5 Å². The minimum absolute atomic E-state index is 0.0962. The van der Waals surface area contributed by atoms with Crippen LogP contribution in [0.5, 0.6) is 0 Å². The van der Waals surface area contributed by atoms with Crippen molar-refractivity contribution in [3.05, 3.63) is 23.9 Å². The topological polar surface area (TPSA) is 74.3 Å². The SMILES string of the molecule is CC[C@H]1C(=O)NCCN1C(=O)Nc1cccc(C)n1. The number of amides is 3. The van der Waals surface area contributed by atoms with Gasteiger partial charge in [-0.3, -0.25) is 10.1 Å². The normalized spacial score (nSPS) is 18.9. The number of nitrogens with zero attached hydrogens (tertiary/aromatic N) is 2. The highest BCUT2D eigenvalue weighted by Gasteiger charge is 2.31. The summed E-state index contributed by atoms with van der Waals surface area (Å²) >= 11 is 0. The second-order valence-electron chi connectivity index (χ2n) is 4.50. The lowest BCUT2D eigenvalue weighted by Crippen LogP contribution is -2.57. The van der Waals surface area contributed by atoms with Crippen molar-refractivity contribution in [1.29, 1.82) is 0 Å². The fraction of sp³-hybridized carbons (Fsp3) is 0.462. The summed E-state index contributed by atoms with van der Waals surface area (Å²) < 4.78 is 0. The van der Waals surface area contributed by atoms with E-state index >= 15 is 0 Å². The van der Waals surface area contributed by atoms with Crippen LogP contribution >= 0.6 is 0 Å². The molecular formula is C13H18N4O2. The first kappa shape index (κ1) is 13.3. The van der Waals surface area contributed by atoms with Gasteiger partial charge in [0.05, 0.1) is 0 Å². The summed E-state index contributed by atoms with van der Waals surface area (Å²) in [7, 11) is 0. The minimum Gasteiger partial charge on any atom is -0.353 e.